The van der Waals surface area contributed by atoms with E-state index in [4.69, 9.17) is 4.74 Å². The first-order chi connectivity index (χ1) is 13.9. The second-order valence-electron chi connectivity index (χ2n) is 5.67. The fourth-order valence-electron chi connectivity index (χ4n) is 1.79. The Labute approximate surface area is 175 Å². The molecule has 1 aromatic rings. The molecule has 0 unspecified atom stereocenters. The van der Waals surface area contributed by atoms with Crippen LogP contribution in [0.5, 0.6) is 5.75 Å². The molecule has 7 nitrogen and oxygen atoms in total. The Morgan fingerprint density at radius 1 is 1.07 bits per heavy atom. The number of halogens is 1. The zero-order chi connectivity index (χ0) is 21.5. The summed E-state index contributed by atoms with van der Waals surface area (Å²) in [4.78, 5) is 10.2. The average molecular weight is 421 g/mol. The first-order valence-corrected chi connectivity index (χ1v) is 8.59. The number of carbonyl (C=O) groups excluding carboxylic acids is 1. The Bertz CT molecular complexity index is 760. The molecule has 3 atom stereocenters. The lowest BCUT2D eigenvalue weighted by Gasteiger charge is -2.14. The van der Waals surface area contributed by atoms with Crippen molar-refractivity contribution in [3.05, 3.63) is 66.5 Å². The summed E-state index contributed by atoms with van der Waals surface area (Å²) in [5.74, 6) is 3.99. The number of aliphatic hydroxyl groups is 3. The van der Waals surface area contributed by atoms with Gasteiger partial charge in [-0.05, 0) is 42.5 Å². The third-order valence-corrected chi connectivity index (χ3v) is 3.22. The van der Waals surface area contributed by atoms with Gasteiger partial charge in [-0.1, -0.05) is 37.5 Å². The van der Waals surface area contributed by atoms with Gasteiger partial charge < -0.3 is 34.7 Å². The Morgan fingerprint density at radius 2 is 1.73 bits per heavy atom. The summed E-state index contributed by atoms with van der Waals surface area (Å²) in [6, 6.07) is 5.43. The van der Waals surface area contributed by atoms with Crippen LogP contribution < -0.4 is 9.84 Å². The predicted molar refractivity (Wildman–Crippen MR) is 108 cm³/mol. The zero-order valence-electron chi connectivity index (χ0n) is 15.5. The number of aliphatic carboxylic acids is 1. The molecular weight excluding hydrogens is 395 g/mol. The van der Waals surface area contributed by atoms with Gasteiger partial charge in [0.15, 0.2) is 0 Å². The maximum absolute atomic E-state index is 12.8. The van der Waals surface area contributed by atoms with Gasteiger partial charge in [0.1, 0.15) is 36.5 Å². The Hall–Kier alpha value is -2.96. The highest BCUT2D eigenvalue weighted by Crippen LogP contribution is 2.11. The van der Waals surface area contributed by atoms with Crippen molar-refractivity contribution in [1.29, 1.82) is 0 Å². The number of allylic oxidation sites excluding steroid dienone is 4. The molecule has 0 radical (unpaired) electrons. The van der Waals surface area contributed by atoms with Gasteiger partial charge in [-0.3, -0.25) is 0 Å². The Kier molecular flexibility index (Phi) is 14.3. The summed E-state index contributed by atoms with van der Waals surface area (Å²) < 4.78 is 22.7. The van der Waals surface area contributed by atoms with Crippen LogP contribution in [0.25, 0.3) is 0 Å². The van der Waals surface area contributed by atoms with Crippen LogP contribution >= 0.6 is 0 Å². The van der Waals surface area contributed by atoms with Gasteiger partial charge in [0.25, 0.3) is 0 Å². The fourth-order valence-corrected chi connectivity index (χ4v) is 1.79. The summed E-state index contributed by atoms with van der Waals surface area (Å²) in [5.41, 5.74) is 0. The number of ether oxygens (including phenoxy) is 2. The summed E-state index contributed by atoms with van der Waals surface area (Å²) in [6.45, 7) is -1.01. The number of aliphatic hydroxyl groups excluding tert-OH is 3. The first-order valence-electron chi connectivity index (χ1n) is 8.59. The van der Waals surface area contributed by atoms with Gasteiger partial charge in [0, 0.05) is 0 Å². The van der Waals surface area contributed by atoms with Crippen molar-refractivity contribution in [2.24, 2.45) is 0 Å². The molecular formula is C22H26FO7-. The molecule has 0 aliphatic rings. The number of carbonyl (C=O) groups is 1. The molecule has 0 aromatic heterocycles. The lowest BCUT2D eigenvalue weighted by molar-refractivity contribution is -0.310. The summed E-state index contributed by atoms with van der Waals surface area (Å²) in [5, 5.41) is 39.0. The van der Waals surface area contributed by atoms with Crippen LogP contribution in [0.2, 0.25) is 0 Å². The van der Waals surface area contributed by atoms with Crippen LogP contribution in [0.3, 0.4) is 0 Å². The van der Waals surface area contributed by atoms with Gasteiger partial charge >= 0.3 is 0 Å². The quantitative estimate of drug-likeness (QED) is 0.349. The average Bonchev–Trinajstić information content (AvgIpc) is 2.69. The standard InChI is InChI=1S/C21H23FO7.CH4/c22-16-9-11-18(12-10-16)29-13-17(23)7-5-3-1-2-4-6-8-19(24)20(25)14-28-15-21(26)27;/h2,4-12,17,19-20,23-25H,13-15H2,(H,26,27);1H4/p-1/b4-2+,7-5+,8-6+;/t17-,19+,20-;/m0./s1. The highest BCUT2D eigenvalue weighted by Gasteiger charge is 2.12. The third-order valence-electron chi connectivity index (χ3n) is 3.22. The van der Waals surface area contributed by atoms with Crippen LogP contribution in [0.1, 0.15) is 7.43 Å². The van der Waals surface area contributed by atoms with Crippen LogP contribution in [-0.2, 0) is 9.53 Å². The highest BCUT2D eigenvalue weighted by molar-refractivity contribution is 5.65. The highest BCUT2D eigenvalue weighted by atomic mass is 19.1. The van der Waals surface area contributed by atoms with E-state index in [9.17, 15) is 29.6 Å². The maximum atomic E-state index is 12.8. The molecule has 0 spiro atoms. The number of hydrogen-bond acceptors (Lipinski definition) is 7. The fraction of sp³-hybridized carbons (Fsp3) is 0.318. The molecule has 0 saturated carbocycles. The SMILES string of the molecule is C.O=C([O-])COC[C@H](O)[C@H](O)/C=C/C=C/C#C/C=C/[C@H](O)COc1ccc(F)cc1. The van der Waals surface area contributed by atoms with E-state index in [1.54, 1.807) is 0 Å². The van der Waals surface area contributed by atoms with Gasteiger partial charge in [0.2, 0.25) is 0 Å². The molecule has 8 heteroatoms. The molecule has 164 valence electrons. The number of rotatable bonds is 11. The van der Waals surface area contributed by atoms with Crippen molar-refractivity contribution in [3.63, 3.8) is 0 Å². The normalized spacial score (nSPS) is 14.1. The third kappa shape index (κ3) is 13.3. The molecule has 0 amide bonds. The number of benzene rings is 1. The minimum atomic E-state index is -1.41. The van der Waals surface area contributed by atoms with E-state index in [-0.39, 0.29) is 26.5 Å². The van der Waals surface area contributed by atoms with Crippen LogP contribution in [-0.4, -0.2) is 59.4 Å². The van der Waals surface area contributed by atoms with E-state index in [0.717, 1.165) is 0 Å². The minimum Gasteiger partial charge on any atom is -0.548 e. The van der Waals surface area contributed by atoms with Crippen LogP contribution in [0.4, 0.5) is 4.39 Å². The van der Waals surface area contributed by atoms with E-state index < -0.39 is 30.9 Å². The maximum Gasteiger partial charge on any atom is 0.123 e. The van der Waals surface area contributed by atoms with E-state index in [2.05, 4.69) is 16.6 Å². The molecule has 0 bridgehead atoms. The molecule has 0 fully saturated rings. The van der Waals surface area contributed by atoms with Gasteiger partial charge in [-0.25, -0.2) is 4.39 Å². The number of carboxylic acid groups (broad SMARTS) is 1. The monoisotopic (exact) mass is 421 g/mol. The van der Waals surface area contributed by atoms with Crippen molar-refractivity contribution in [1.82, 2.24) is 0 Å². The second kappa shape index (κ2) is 15.9. The second-order valence-corrected chi connectivity index (χ2v) is 5.67. The largest absolute Gasteiger partial charge is 0.548 e. The number of carboxylic acids is 1. The summed E-state index contributed by atoms with van der Waals surface area (Å²) in [7, 11) is 0. The predicted octanol–water partition coefficient (Wildman–Crippen LogP) is 0.362. The molecule has 0 saturated heterocycles. The molecule has 0 aliphatic carbocycles. The number of hydrogen-bond donors (Lipinski definition) is 3. The molecule has 0 aliphatic heterocycles. The minimum absolute atomic E-state index is 0. The Balaban J connectivity index is 0.00000841. The smallest absolute Gasteiger partial charge is 0.123 e. The molecule has 0 heterocycles. The van der Waals surface area contributed by atoms with E-state index in [1.165, 1.54) is 60.7 Å². The van der Waals surface area contributed by atoms with Crippen molar-refractivity contribution >= 4 is 5.97 Å². The van der Waals surface area contributed by atoms with Crippen molar-refractivity contribution in [3.8, 4) is 17.6 Å². The molecule has 30 heavy (non-hydrogen) atoms. The van der Waals surface area contributed by atoms with Crippen LogP contribution in [0.15, 0.2) is 60.7 Å². The first kappa shape index (κ1) is 27.0. The van der Waals surface area contributed by atoms with E-state index in [1.807, 2.05) is 0 Å². The summed E-state index contributed by atoms with van der Waals surface area (Å²) in [6.07, 6.45) is 5.24. The lowest BCUT2D eigenvalue weighted by atomic mass is 10.2. The topological polar surface area (TPSA) is 119 Å². The van der Waals surface area contributed by atoms with Gasteiger partial charge in [-0.15, -0.1) is 0 Å². The summed E-state index contributed by atoms with van der Waals surface area (Å²) >= 11 is 0. The zero-order valence-corrected chi connectivity index (χ0v) is 15.5. The van der Waals surface area contributed by atoms with Crippen LogP contribution in [0, 0.1) is 17.7 Å². The lowest BCUT2D eigenvalue weighted by Crippen LogP contribution is -2.33. The van der Waals surface area contributed by atoms with E-state index >= 15 is 0 Å². The van der Waals surface area contributed by atoms with Gasteiger partial charge in [-0.2, -0.15) is 0 Å². The van der Waals surface area contributed by atoms with Crippen molar-refractivity contribution in [2.75, 3.05) is 19.8 Å². The molecule has 1 rings (SSSR count). The van der Waals surface area contributed by atoms with E-state index in [0.29, 0.717) is 5.75 Å². The Morgan fingerprint density at radius 3 is 2.40 bits per heavy atom. The molecule has 3 N–H and O–H groups in total. The molecule has 1 aromatic carbocycles. The van der Waals surface area contributed by atoms with Gasteiger partial charge in [0.05, 0.1) is 19.2 Å². The van der Waals surface area contributed by atoms with Crippen molar-refractivity contribution in [2.45, 2.75) is 25.7 Å². The van der Waals surface area contributed by atoms with Crippen molar-refractivity contribution < 1.29 is 39.1 Å².